The van der Waals surface area contributed by atoms with Gasteiger partial charge < -0.3 is 20.1 Å². The standard InChI is InChI=1S/C23H27N5O2/c29-18-7-11-28(12-8-18)22-6-10-25-23(27-22)26-21-15-30-14-17(21)13-16-5-9-24-20-4-2-1-3-19(16)20/h1-6,9-10,17-18,21,29H,7-8,11-15H2,(H,25,26,27)/t17-,21-/m1/s1. The van der Waals surface area contributed by atoms with Crippen LogP contribution < -0.4 is 10.2 Å². The highest BCUT2D eigenvalue weighted by molar-refractivity contribution is 5.81. The van der Waals surface area contributed by atoms with Crippen LogP contribution in [0.25, 0.3) is 10.9 Å². The number of anilines is 2. The van der Waals surface area contributed by atoms with E-state index in [9.17, 15) is 5.11 Å². The Morgan fingerprint density at radius 3 is 2.77 bits per heavy atom. The highest BCUT2D eigenvalue weighted by Crippen LogP contribution is 2.26. The number of benzene rings is 1. The number of fused-ring (bicyclic) bond motifs is 1. The van der Waals surface area contributed by atoms with Gasteiger partial charge in [-0.1, -0.05) is 18.2 Å². The van der Waals surface area contributed by atoms with Gasteiger partial charge in [-0.05, 0) is 43.0 Å². The summed E-state index contributed by atoms with van der Waals surface area (Å²) in [5.74, 6) is 1.89. The molecule has 0 aliphatic carbocycles. The number of piperidine rings is 1. The van der Waals surface area contributed by atoms with Crippen molar-refractivity contribution in [3.8, 4) is 0 Å². The first-order valence-corrected chi connectivity index (χ1v) is 10.7. The smallest absolute Gasteiger partial charge is 0.224 e. The number of aromatic nitrogens is 3. The van der Waals surface area contributed by atoms with Crippen LogP contribution in [0.4, 0.5) is 11.8 Å². The lowest BCUT2D eigenvalue weighted by Gasteiger charge is -2.30. The fourth-order valence-electron chi connectivity index (χ4n) is 4.43. The molecule has 156 valence electrons. The van der Waals surface area contributed by atoms with Crippen LogP contribution in [0, 0.1) is 5.92 Å². The molecule has 0 spiro atoms. The van der Waals surface area contributed by atoms with Gasteiger partial charge in [0.1, 0.15) is 5.82 Å². The lowest BCUT2D eigenvalue weighted by molar-refractivity contribution is 0.145. The number of nitrogens with zero attached hydrogens (tertiary/aromatic N) is 4. The van der Waals surface area contributed by atoms with Crippen LogP contribution in [0.1, 0.15) is 18.4 Å². The first-order valence-electron chi connectivity index (χ1n) is 10.7. The van der Waals surface area contributed by atoms with Crippen molar-refractivity contribution < 1.29 is 9.84 Å². The van der Waals surface area contributed by atoms with Crippen molar-refractivity contribution in [1.29, 1.82) is 0 Å². The Morgan fingerprint density at radius 1 is 1.03 bits per heavy atom. The van der Waals surface area contributed by atoms with Gasteiger partial charge in [0, 0.05) is 36.8 Å². The highest BCUT2D eigenvalue weighted by Gasteiger charge is 2.29. The molecule has 2 aliphatic rings. The zero-order chi connectivity index (χ0) is 20.3. The maximum Gasteiger partial charge on any atom is 0.224 e. The highest BCUT2D eigenvalue weighted by atomic mass is 16.5. The Labute approximate surface area is 176 Å². The maximum absolute atomic E-state index is 9.74. The van der Waals surface area contributed by atoms with Gasteiger partial charge >= 0.3 is 0 Å². The van der Waals surface area contributed by atoms with Crippen molar-refractivity contribution in [2.24, 2.45) is 5.92 Å². The summed E-state index contributed by atoms with van der Waals surface area (Å²) in [7, 11) is 0. The number of hydrogen-bond donors (Lipinski definition) is 2. The second-order valence-electron chi connectivity index (χ2n) is 8.20. The summed E-state index contributed by atoms with van der Waals surface area (Å²) in [6.07, 6.45) is 5.98. The van der Waals surface area contributed by atoms with Crippen molar-refractivity contribution in [3.63, 3.8) is 0 Å². The average molecular weight is 406 g/mol. The van der Waals surface area contributed by atoms with E-state index in [1.54, 1.807) is 6.20 Å². The minimum atomic E-state index is -0.193. The van der Waals surface area contributed by atoms with Gasteiger partial charge in [-0.15, -0.1) is 0 Å². The zero-order valence-electron chi connectivity index (χ0n) is 16.9. The quantitative estimate of drug-likeness (QED) is 0.675. The van der Waals surface area contributed by atoms with Gasteiger partial charge in [0.2, 0.25) is 5.95 Å². The average Bonchev–Trinajstić information content (AvgIpc) is 3.21. The van der Waals surface area contributed by atoms with Crippen LogP contribution in [0.2, 0.25) is 0 Å². The Balaban J connectivity index is 1.29. The van der Waals surface area contributed by atoms with E-state index in [0.717, 1.165) is 50.3 Å². The summed E-state index contributed by atoms with van der Waals surface area (Å²) in [5, 5.41) is 14.5. The number of para-hydroxylation sites is 1. The maximum atomic E-state index is 9.74. The van der Waals surface area contributed by atoms with Crippen molar-refractivity contribution in [1.82, 2.24) is 15.0 Å². The van der Waals surface area contributed by atoms with Crippen LogP contribution in [-0.2, 0) is 11.2 Å². The molecule has 7 heteroatoms. The topological polar surface area (TPSA) is 83.4 Å². The third kappa shape index (κ3) is 4.08. The minimum Gasteiger partial charge on any atom is -0.393 e. The summed E-state index contributed by atoms with van der Waals surface area (Å²) >= 11 is 0. The van der Waals surface area contributed by atoms with Gasteiger partial charge in [-0.25, -0.2) is 4.98 Å². The van der Waals surface area contributed by atoms with Crippen molar-refractivity contribution >= 4 is 22.7 Å². The van der Waals surface area contributed by atoms with Crippen LogP contribution in [-0.4, -0.2) is 58.5 Å². The van der Waals surface area contributed by atoms with Gasteiger partial charge in [0.25, 0.3) is 0 Å². The molecule has 0 saturated carbocycles. The third-order valence-electron chi connectivity index (χ3n) is 6.16. The lowest BCUT2D eigenvalue weighted by Crippen LogP contribution is -2.36. The first kappa shape index (κ1) is 19.2. The molecule has 4 heterocycles. The Kier molecular flexibility index (Phi) is 5.46. The van der Waals surface area contributed by atoms with E-state index in [1.807, 2.05) is 18.3 Å². The monoisotopic (exact) mass is 405 g/mol. The molecule has 0 amide bonds. The van der Waals surface area contributed by atoms with E-state index in [0.29, 0.717) is 18.5 Å². The first-order chi connectivity index (χ1) is 14.8. The SMILES string of the molecule is OC1CCN(c2ccnc(N[C@@H]3COC[C@H]3Cc3ccnc4ccccc34)n2)CC1. The van der Waals surface area contributed by atoms with E-state index in [2.05, 4.69) is 44.5 Å². The fourth-order valence-corrected chi connectivity index (χ4v) is 4.43. The van der Waals surface area contributed by atoms with Gasteiger partial charge in [-0.3, -0.25) is 4.98 Å². The molecule has 30 heavy (non-hydrogen) atoms. The van der Waals surface area contributed by atoms with E-state index >= 15 is 0 Å². The Morgan fingerprint density at radius 2 is 1.87 bits per heavy atom. The van der Waals surface area contributed by atoms with Gasteiger partial charge in [0.05, 0.1) is 30.9 Å². The van der Waals surface area contributed by atoms with Crippen LogP contribution in [0.15, 0.2) is 48.8 Å². The molecule has 0 unspecified atom stereocenters. The molecule has 5 rings (SSSR count). The number of rotatable bonds is 5. The molecule has 7 nitrogen and oxygen atoms in total. The molecule has 2 aliphatic heterocycles. The van der Waals surface area contributed by atoms with Crippen molar-refractivity contribution in [2.45, 2.75) is 31.4 Å². The van der Waals surface area contributed by atoms with E-state index in [-0.39, 0.29) is 12.1 Å². The second kappa shape index (κ2) is 8.53. The van der Waals surface area contributed by atoms with Gasteiger partial charge in [-0.2, -0.15) is 4.98 Å². The number of aliphatic hydroxyl groups is 1. The summed E-state index contributed by atoms with van der Waals surface area (Å²) in [6.45, 7) is 3.01. The molecular formula is C23H27N5O2. The van der Waals surface area contributed by atoms with E-state index in [1.165, 1.54) is 10.9 Å². The van der Waals surface area contributed by atoms with Crippen LogP contribution in [0.3, 0.4) is 0 Å². The predicted molar refractivity (Wildman–Crippen MR) is 117 cm³/mol. The molecule has 3 aromatic rings. The number of hydrogen-bond acceptors (Lipinski definition) is 7. The van der Waals surface area contributed by atoms with Crippen LogP contribution >= 0.6 is 0 Å². The van der Waals surface area contributed by atoms with Crippen molar-refractivity contribution in [3.05, 3.63) is 54.4 Å². The number of ether oxygens (including phenoxy) is 1. The zero-order valence-corrected chi connectivity index (χ0v) is 16.9. The fraction of sp³-hybridized carbons (Fsp3) is 0.435. The molecular weight excluding hydrogens is 378 g/mol. The second-order valence-corrected chi connectivity index (χ2v) is 8.20. The molecule has 0 bridgehead atoms. The van der Waals surface area contributed by atoms with E-state index < -0.39 is 0 Å². The van der Waals surface area contributed by atoms with Gasteiger partial charge in [0.15, 0.2) is 0 Å². The summed E-state index contributed by atoms with van der Waals surface area (Å²) in [4.78, 5) is 15.9. The summed E-state index contributed by atoms with van der Waals surface area (Å²) in [6, 6.07) is 12.5. The predicted octanol–water partition coefficient (Wildman–Crippen LogP) is 2.66. The summed E-state index contributed by atoms with van der Waals surface area (Å²) < 4.78 is 5.81. The lowest BCUT2D eigenvalue weighted by atomic mass is 9.93. The molecule has 2 N–H and O–H groups in total. The molecule has 2 aromatic heterocycles. The number of pyridine rings is 1. The van der Waals surface area contributed by atoms with Crippen molar-refractivity contribution in [2.75, 3.05) is 36.5 Å². The van der Waals surface area contributed by atoms with Crippen LogP contribution in [0.5, 0.6) is 0 Å². The Bertz CT molecular complexity index is 1000. The molecule has 2 atom stereocenters. The third-order valence-corrected chi connectivity index (χ3v) is 6.16. The largest absolute Gasteiger partial charge is 0.393 e. The normalized spacial score (nSPS) is 22.5. The Hall–Kier alpha value is -2.77. The summed E-state index contributed by atoms with van der Waals surface area (Å²) in [5.41, 5.74) is 2.32. The molecule has 2 fully saturated rings. The number of aliphatic hydroxyl groups excluding tert-OH is 1. The molecule has 0 radical (unpaired) electrons. The minimum absolute atomic E-state index is 0.162. The molecule has 1 aromatic carbocycles. The van der Waals surface area contributed by atoms with E-state index in [4.69, 9.17) is 9.72 Å². The molecule has 2 saturated heterocycles. The number of nitrogens with one attached hydrogen (secondary N) is 1.